The van der Waals surface area contributed by atoms with Gasteiger partial charge in [0.1, 0.15) is 0 Å². The first-order valence-corrected chi connectivity index (χ1v) is 7.55. The van der Waals surface area contributed by atoms with Gasteiger partial charge in [0.05, 0.1) is 5.56 Å². The Hall–Kier alpha value is -0.710. The molecule has 1 aliphatic rings. The minimum absolute atomic E-state index is 0. The molecule has 1 atom stereocenters. The van der Waals surface area contributed by atoms with Crippen molar-refractivity contribution in [2.45, 2.75) is 11.3 Å². The van der Waals surface area contributed by atoms with E-state index in [9.17, 15) is 4.79 Å². The normalized spacial score (nSPS) is 18.2. The van der Waals surface area contributed by atoms with Crippen LogP contribution in [0, 0.1) is 5.92 Å². The Morgan fingerprint density at radius 1 is 1.47 bits per heavy atom. The highest BCUT2D eigenvalue weighted by molar-refractivity contribution is 7.98. The summed E-state index contributed by atoms with van der Waals surface area (Å²) >= 11 is 1.63. The zero-order valence-electron chi connectivity index (χ0n) is 11.4. The van der Waals surface area contributed by atoms with Gasteiger partial charge in [0, 0.05) is 18.0 Å². The standard InChI is InChI=1S/C14H20N2OS.ClH/c1-15-9-11-7-8-16(10-11)14(17)12-5-3-4-6-13(12)18-2;/h3-6,11,15H,7-10H2,1-2H3;1H. The van der Waals surface area contributed by atoms with Crippen molar-refractivity contribution >= 4 is 30.1 Å². The molecular weight excluding hydrogens is 280 g/mol. The van der Waals surface area contributed by atoms with Crippen LogP contribution in [-0.2, 0) is 0 Å². The third-order valence-electron chi connectivity index (χ3n) is 3.40. The topological polar surface area (TPSA) is 32.3 Å². The van der Waals surface area contributed by atoms with E-state index in [4.69, 9.17) is 0 Å². The Morgan fingerprint density at radius 3 is 2.89 bits per heavy atom. The molecule has 1 heterocycles. The molecule has 5 heteroatoms. The largest absolute Gasteiger partial charge is 0.338 e. The predicted octanol–water partition coefficient (Wildman–Crippen LogP) is 2.51. The van der Waals surface area contributed by atoms with Gasteiger partial charge in [-0.1, -0.05) is 12.1 Å². The van der Waals surface area contributed by atoms with Gasteiger partial charge in [0.25, 0.3) is 5.91 Å². The van der Waals surface area contributed by atoms with E-state index in [2.05, 4.69) is 5.32 Å². The molecule has 1 fully saturated rings. The molecule has 1 aromatic rings. The Morgan fingerprint density at radius 2 is 2.21 bits per heavy atom. The summed E-state index contributed by atoms with van der Waals surface area (Å²) in [7, 11) is 1.97. The second-order valence-corrected chi connectivity index (χ2v) is 5.51. The van der Waals surface area contributed by atoms with E-state index in [1.54, 1.807) is 11.8 Å². The lowest BCUT2D eigenvalue weighted by atomic mass is 10.1. The van der Waals surface area contributed by atoms with Crippen molar-refractivity contribution < 1.29 is 4.79 Å². The molecule has 19 heavy (non-hydrogen) atoms. The smallest absolute Gasteiger partial charge is 0.254 e. The maximum Gasteiger partial charge on any atom is 0.254 e. The van der Waals surface area contributed by atoms with Crippen LogP contribution in [0.25, 0.3) is 0 Å². The summed E-state index contributed by atoms with van der Waals surface area (Å²) < 4.78 is 0. The number of carbonyl (C=O) groups excluding carboxylic acids is 1. The minimum Gasteiger partial charge on any atom is -0.338 e. The number of thioether (sulfide) groups is 1. The first-order valence-electron chi connectivity index (χ1n) is 6.33. The zero-order valence-corrected chi connectivity index (χ0v) is 13.0. The fraction of sp³-hybridized carbons (Fsp3) is 0.500. The number of halogens is 1. The summed E-state index contributed by atoms with van der Waals surface area (Å²) in [6, 6.07) is 7.86. The first-order chi connectivity index (χ1) is 8.76. The van der Waals surface area contributed by atoms with E-state index in [-0.39, 0.29) is 18.3 Å². The van der Waals surface area contributed by atoms with Crippen molar-refractivity contribution in [3.63, 3.8) is 0 Å². The van der Waals surface area contributed by atoms with Crippen LogP contribution in [0.1, 0.15) is 16.8 Å². The van der Waals surface area contributed by atoms with Gasteiger partial charge in [0.2, 0.25) is 0 Å². The lowest BCUT2D eigenvalue weighted by molar-refractivity contribution is 0.0784. The van der Waals surface area contributed by atoms with Gasteiger partial charge in [-0.05, 0) is 44.3 Å². The molecule has 1 N–H and O–H groups in total. The van der Waals surface area contributed by atoms with Gasteiger partial charge in [-0.25, -0.2) is 0 Å². The van der Waals surface area contributed by atoms with Crippen LogP contribution in [0.3, 0.4) is 0 Å². The summed E-state index contributed by atoms with van der Waals surface area (Å²) in [5, 5.41) is 3.19. The van der Waals surface area contributed by atoms with Crippen molar-refractivity contribution in [2.75, 3.05) is 32.9 Å². The van der Waals surface area contributed by atoms with Gasteiger partial charge in [-0.2, -0.15) is 0 Å². The zero-order chi connectivity index (χ0) is 13.0. The van der Waals surface area contributed by atoms with E-state index in [0.29, 0.717) is 5.92 Å². The van der Waals surface area contributed by atoms with Gasteiger partial charge in [0.15, 0.2) is 0 Å². The number of nitrogens with zero attached hydrogens (tertiary/aromatic N) is 1. The molecule has 0 radical (unpaired) electrons. The number of amides is 1. The maximum absolute atomic E-state index is 12.5. The number of hydrogen-bond acceptors (Lipinski definition) is 3. The summed E-state index contributed by atoms with van der Waals surface area (Å²) in [4.78, 5) is 15.5. The predicted molar refractivity (Wildman–Crippen MR) is 83.4 cm³/mol. The molecule has 1 aromatic carbocycles. The van der Waals surface area contributed by atoms with Crippen molar-refractivity contribution in [1.82, 2.24) is 10.2 Å². The number of carbonyl (C=O) groups is 1. The summed E-state index contributed by atoms with van der Waals surface area (Å²) in [6.07, 6.45) is 3.12. The molecule has 106 valence electrons. The lowest BCUT2D eigenvalue weighted by Crippen LogP contribution is -2.30. The van der Waals surface area contributed by atoms with Crippen LogP contribution >= 0.6 is 24.2 Å². The molecule has 1 saturated heterocycles. The fourth-order valence-corrected chi connectivity index (χ4v) is 3.05. The second kappa shape index (κ2) is 7.78. The first kappa shape index (κ1) is 16.3. The Balaban J connectivity index is 0.00000180. The van der Waals surface area contributed by atoms with Crippen molar-refractivity contribution in [2.24, 2.45) is 5.92 Å². The van der Waals surface area contributed by atoms with Crippen molar-refractivity contribution in [3.05, 3.63) is 29.8 Å². The highest BCUT2D eigenvalue weighted by atomic mass is 35.5. The molecule has 1 aliphatic heterocycles. The molecule has 2 rings (SSSR count). The van der Waals surface area contributed by atoms with Crippen molar-refractivity contribution in [1.29, 1.82) is 0 Å². The van der Waals surface area contributed by atoms with Gasteiger partial charge >= 0.3 is 0 Å². The minimum atomic E-state index is 0. The third kappa shape index (κ3) is 3.88. The summed E-state index contributed by atoms with van der Waals surface area (Å²) in [5.74, 6) is 0.777. The molecular formula is C14H21ClN2OS. The van der Waals surface area contributed by atoms with E-state index in [1.807, 2.05) is 42.5 Å². The second-order valence-electron chi connectivity index (χ2n) is 4.66. The molecule has 1 amide bonds. The highest BCUT2D eigenvalue weighted by Gasteiger charge is 2.27. The van der Waals surface area contributed by atoms with Crippen LogP contribution in [0.15, 0.2) is 29.2 Å². The average Bonchev–Trinajstić information content (AvgIpc) is 2.87. The van der Waals surface area contributed by atoms with E-state index in [1.165, 1.54) is 0 Å². The average molecular weight is 301 g/mol. The number of rotatable bonds is 4. The van der Waals surface area contributed by atoms with Crippen LogP contribution in [0.4, 0.5) is 0 Å². The Labute approximate surface area is 125 Å². The van der Waals surface area contributed by atoms with Crippen LogP contribution in [0.2, 0.25) is 0 Å². The molecule has 0 bridgehead atoms. The van der Waals surface area contributed by atoms with Crippen LogP contribution < -0.4 is 5.32 Å². The van der Waals surface area contributed by atoms with Crippen LogP contribution in [0.5, 0.6) is 0 Å². The molecule has 0 aliphatic carbocycles. The van der Waals surface area contributed by atoms with Gasteiger partial charge in [-0.15, -0.1) is 24.2 Å². The number of benzene rings is 1. The molecule has 3 nitrogen and oxygen atoms in total. The van der Waals surface area contributed by atoms with E-state index >= 15 is 0 Å². The number of hydrogen-bond donors (Lipinski definition) is 1. The lowest BCUT2D eigenvalue weighted by Gasteiger charge is -2.18. The molecule has 1 unspecified atom stereocenters. The fourth-order valence-electron chi connectivity index (χ4n) is 2.46. The molecule has 0 saturated carbocycles. The van der Waals surface area contributed by atoms with Gasteiger partial charge in [-0.3, -0.25) is 4.79 Å². The van der Waals surface area contributed by atoms with Gasteiger partial charge < -0.3 is 10.2 Å². The summed E-state index contributed by atoms with van der Waals surface area (Å²) in [6.45, 7) is 2.75. The van der Waals surface area contributed by atoms with Crippen LogP contribution in [-0.4, -0.2) is 43.7 Å². The quantitative estimate of drug-likeness (QED) is 0.867. The van der Waals surface area contributed by atoms with E-state index in [0.717, 1.165) is 36.5 Å². The highest BCUT2D eigenvalue weighted by Crippen LogP contribution is 2.24. The SMILES string of the molecule is CNCC1CCN(C(=O)c2ccccc2SC)C1.Cl. The Kier molecular flexibility index (Phi) is 6.69. The van der Waals surface area contributed by atoms with Crippen molar-refractivity contribution in [3.8, 4) is 0 Å². The summed E-state index contributed by atoms with van der Waals surface area (Å²) in [5.41, 5.74) is 0.843. The maximum atomic E-state index is 12.5. The third-order valence-corrected chi connectivity index (χ3v) is 4.20. The van der Waals surface area contributed by atoms with E-state index < -0.39 is 0 Å². The number of likely N-dealkylation sites (tertiary alicyclic amines) is 1. The molecule has 0 spiro atoms. The monoisotopic (exact) mass is 300 g/mol. The molecule has 0 aromatic heterocycles. The Bertz CT molecular complexity index is 428. The number of nitrogens with one attached hydrogen (secondary N) is 1.